The Balaban J connectivity index is 1.09. The van der Waals surface area contributed by atoms with Gasteiger partial charge in [0.1, 0.15) is 5.15 Å². The highest BCUT2D eigenvalue weighted by Gasteiger charge is 2.64. The summed E-state index contributed by atoms with van der Waals surface area (Å²) >= 11 is 6.05. The minimum Gasteiger partial charge on any atom is -0.393 e. The lowest BCUT2D eigenvalue weighted by molar-refractivity contribution is -0.199. The summed E-state index contributed by atoms with van der Waals surface area (Å²) in [6, 6.07) is 3.56. The van der Waals surface area contributed by atoms with E-state index in [1.165, 1.54) is 25.7 Å². The molecule has 9 heteroatoms. The largest absolute Gasteiger partial charge is 0.475 e. The molecule has 2 N–H and O–H groups in total. The van der Waals surface area contributed by atoms with Gasteiger partial charge < -0.3 is 10.2 Å². The molecule has 1 aromatic heterocycles. The maximum atomic E-state index is 13.3. The molecule has 4 aliphatic carbocycles. The summed E-state index contributed by atoms with van der Waals surface area (Å²) in [7, 11) is -3.66. The Labute approximate surface area is 250 Å². The number of phosphoric ester groups is 1. The number of halogens is 1. The van der Waals surface area contributed by atoms with Crippen LogP contribution in [0.2, 0.25) is 5.15 Å². The van der Waals surface area contributed by atoms with Crippen molar-refractivity contribution in [3.63, 3.8) is 0 Å². The molecule has 5 fully saturated rings. The molecule has 1 saturated heterocycles. The number of pyridine rings is 1. The average Bonchev–Trinajstić information content (AvgIpc) is 3.29. The van der Waals surface area contributed by atoms with Crippen LogP contribution >= 0.6 is 19.4 Å². The number of hydrogen-bond donors (Lipinski definition) is 2. The van der Waals surface area contributed by atoms with Crippen molar-refractivity contribution >= 4 is 19.4 Å². The average molecular weight is 610 g/mol. The second-order valence-corrected chi connectivity index (χ2v) is 16.6. The topological polar surface area (TPSA) is 98.1 Å². The molecule has 7 nitrogen and oxygen atoms in total. The van der Waals surface area contributed by atoms with Crippen LogP contribution in [0.4, 0.5) is 0 Å². The first-order valence-electron chi connectivity index (χ1n) is 16.0. The van der Waals surface area contributed by atoms with Gasteiger partial charge in [-0.05, 0) is 121 Å². The highest BCUT2D eigenvalue weighted by atomic mass is 35.5. The Kier molecular flexibility index (Phi) is 8.51. The number of hydrogen-bond acceptors (Lipinski definition) is 7. The van der Waals surface area contributed by atoms with Gasteiger partial charge in [0.15, 0.2) is 0 Å². The zero-order valence-corrected chi connectivity index (χ0v) is 26.7. The fourth-order valence-corrected chi connectivity index (χ4v) is 12.2. The number of nitrogens with zero attached hydrogens (tertiary/aromatic N) is 1. The van der Waals surface area contributed by atoms with Gasteiger partial charge in [-0.25, -0.2) is 9.55 Å². The summed E-state index contributed by atoms with van der Waals surface area (Å²) in [5, 5.41) is 22.6. The second-order valence-electron chi connectivity index (χ2n) is 14.6. The molecule has 41 heavy (non-hydrogen) atoms. The van der Waals surface area contributed by atoms with Crippen molar-refractivity contribution in [1.29, 1.82) is 0 Å². The van der Waals surface area contributed by atoms with E-state index in [0.29, 0.717) is 60.3 Å². The Morgan fingerprint density at radius 2 is 1.88 bits per heavy atom. The van der Waals surface area contributed by atoms with E-state index in [1.807, 2.05) is 6.07 Å². The van der Waals surface area contributed by atoms with E-state index in [-0.39, 0.29) is 29.0 Å². The lowest BCUT2D eigenvalue weighted by Gasteiger charge is -2.64. The number of aliphatic hydroxyl groups excluding tert-OH is 2. The number of aliphatic hydroxyl groups is 2. The second kappa shape index (κ2) is 11.4. The van der Waals surface area contributed by atoms with Crippen LogP contribution in [0.25, 0.3) is 0 Å². The molecule has 1 aromatic rings. The Bertz CT molecular complexity index is 1150. The molecule has 4 unspecified atom stereocenters. The van der Waals surface area contributed by atoms with Crippen molar-refractivity contribution in [3.05, 3.63) is 29.0 Å². The maximum absolute atomic E-state index is 13.3. The van der Waals surface area contributed by atoms with E-state index in [9.17, 15) is 14.8 Å². The summed E-state index contributed by atoms with van der Waals surface area (Å²) in [4.78, 5) is 4.02. The number of fused-ring (bicyclic) bond motifs is 5. The highest BCUT2D eigenvalue weighted by Crippen LogP contribution is 2.69. The van der Waals surface area contributed by atoms with Crippen molar-refractivity contribution in [2.75, 3.05) is 13.2 Å². The molecule has 5 aliphatic rings. The lowest BCUT2D eigenvalue weighted by atomic mass is 9.42. The van der Waals surface area contributed by atoms with Crippen LogP contribution in [0, 0.1) is 52.3 Å². The number of rotatable bonds is 6. The molecule has 0 aromatic carbocycles. The summed E-state index contributed by atoms with van der Waals surface area (Å²) in [5.41, 5.74) is 1.23. The number of phosphoric acid groups is 1. The standard InChI is InChI=1S/C32H49ClNO6P/c1-19(10-15-38-41(37)39-16-11-27(40-41)21-9-14-34-28(33)17-21)23-5-6-24-29-25(8-13-31(23,24)3)32(4)12-7-22(35)18-26(32)20(2)30(29)36/h9,14,17,19-20,22-27,29-30,35-36H,5-8,10-13,15-16,18H2,1-4H3/t19-,20-,22-,23-,24?,25?,26?,27-,29?,30-,31-,32-,41-/m1/s1. The SMILES string of the molecule is C[C@H](CCO[P@]1(=O)OCC[C@H](c2ccnc(Cl)c2)O1)[C@H]1CCC2C3C(CC[C@@]21C)[C@@]1(C)CC[C@@H](O)CC1[C@@H](C)[C@H]3O. The molecule has 4 saturated carbocycles. The van der Waals surface area contributed by atoms with E-state index >= 15 is 0 Å². The van der Waals surface area contributed by atoms with Crippen molar-refractivity contribution in [2.45, 2.75) is 104 Å². The Morgan fingerprint density at radius 3 is 2.66 bits per heavy atom. The van der Waals surface area contributed by atoms with E-state index < -0.39 is 13.9 Å². The highest BCUT2D eigenvalue weighted by molar-refractivity contribution is 7.48. The summed E-state index contributed by atoms with van der Waals surface area (Å²) < 4.78 is 30.5. The summed E-state index contributed by atoms with van der Waals surface area (Å²) in [6.45, 7) is 10.2. The number of aromatic nitrogens is 1. The van der Waals surface area contributed by atoms with Gasteiger partial charge in [0.25, 0.3) is 0 Å². The Morgan fingerprint density at radius 1 is 1.12 bits per heavy atom. The third kappa shape index (κ3) is 5.38. The molecular formula is C32H49ClNO6P. The zero-order chi connectivity index (χ0) is 29.2. The van der Waals surface area contributed by atoms with E-state index in [4.69, 9.17) is 25.2 Å². The van der Waals surface area contributed by atoms with Crippen molar-refractivity contribution < 1.29 is 28.3 Å². The van der Waals surface area contributed by atoms with Crippen molar-refractivity contribution in [3.8, 4) is 0 Å². The normalized spacial score (nSPS) is 48.6. The first-order chi connectivity index (χ1) is 19.4. The third-order valence-corrected chi connectivity index (χ3v) is 14.4. The molecule has 0 spiro atoms. The van der Waals surface area contributed by atoms with E-state index in [0.717, 1.165) is 31.2 Å². The van der Waals surface area contributed by atoms with Crippen LogP contribution in [0.1, 0.15) is 97.1 Å². The lowest BCUT2D eigenvalue weighted by Crippen LogP contribution is -2.61. The van der Waals surface area contributed by atoms with Crippen molar-refractivity contribution in [1.82, 2.24) is 4.98 Å². The monoisotopic (exact) mass is 609 g/mol. The molecule has 230 valence electrons. The molecular weight excluding hydrogens is 561 g/mol. The van der Waals surface area contributed by atoms with Crippen LogP contribution in [0.5, 0.6) is 0 Å². The van der Waals surface area contributed by atoms with E-state index in [2.05, 4.69) is 32.7 Å². The first-order valence-corrected chi connectivity index (χ1v) is 17.8. The van der Waals surface area contributed by atoms with Gasteiger partial charge >= 0.3 is 7.82 Å². The maximum Gasteiger partial charge on any atom is 0.475 e. The molecule has 2 heterocycles. The van der Waals surface area contributed by atoms with Crippen LogP contribution in [0.15, 0.2) is 18.3 Å². The van der Waals surface area contributed by atoms with Crippen LogP contribution in [0.3, 0.4) is 0 Å². The fourth-order valence-electron chi connectivity index (χ4n) is 10.6. The quantitative estimate of drug-likeness (QED) is 0.253. The van der Waals surface area contributed by atoms with Crippen molar-refractivity contribution in [2.24, 2.45) is 52.3 Å². The van der Waals surface area contributed by atoms with Gasteiger partial charge in [-0.2, -0.15) is 0 Å². The van der Waals surface area contributed by atoms with Gasteiger partial charge in [0.05, 0.1) is 31.5 Å². The van der Waals surface area contributed by atoms with Crippen LogP contribution in [-0.2, 0) is 18.1 Å². The molecule has 0 bridgehead atoms. The molecule has 13 atom stereocenters. The molecule has 1 aliphatic heterocycles. The fraction of sp³-hybridized carbons (Fsp3) is 0.844. The molecule has 0 amide bonds. The third-order valence-electron chi connectivity index (χ3n) is 12.7. The molecule has 6 rings (SSSR count). The van der Waals surface area contributed by atoms with Gasteiger partial charge in [0, 0.05) is 12.6 Å². The molecule has 0 radical (unpaired) electrons. The zero-order valence-electron chi connectivity index (χ0n) is 25.1. The predicted octanol–water partition coefficient (Wildman–Crippen LogP) is 7.60. The van der Waals surface area contributed by atoms with E-state index in [1.54, 1.807) is 12.3 Å². The van der Waals surface area contributed by atoms with Gasteiger partial charge in [0.2, 0.25) is 0 Å². The van der Waals surface area contributed by atoms with Crippen LogP contribution < -0.4 is 0 Å². The Hall–Kier alpha value is -0.530. The van der Waals surface area contributed by atoms with Gasteiger partial charge in [-0.15, -0.1) is 0 Å². The minimum absolute atomic E-state index is 0.187. The minimum atomic E-state index is -3.66. The van der Waals surface area contributed by atoms with Gasteiger partial charge in [-0.3, -0.25) is 13.6 Å². The first kappa shape index (κ1) is 30.5. The van der Waals surface area contributed by atoms with Crippen LogP contribution in [-0.4, -0.2) is 40.6 Å². The predicted molar refractivity (Wildman–Crippen MR) is 158 cm³/mol. The van der Waals surface area contributed by atoms with Gasteiger partial charge in [-0.1, -0.05) is 39.3 Å². The summed E-state index contributed by atoms with van der Waals surface area (Å²) in [6.07, 6.45) is 9.62. The summed E-state index contributed by atoms with van der Waals surface area (Å²) in [5.74, 6) is 2.97. The smallest absolute Gasteiger partial charge is 0.393 e.